The zero-order valence-corrected chi connectivity index (χ0v) is 12.1. The zero-order valence-electron chi connectivity index (χ0n) is 12.1. The number of ether oxygens (including phenoxy) is 2. The number of aliphatic hydroxyl groups is 4. The van der Waals surface area contributed by atoms with Gasteiger partial charge in [0.25, 0.3) is 0 Å². The minimum atomic E-state index is -1.38. The molecule has 0 aromatic heterocycles. The van der Waals surface area contributed by atoms with Crippen molar-refractivity contribution in [2.45, 2.75) is 76.2 Å². The third kappa shape index (κ3) is 5.27. The van der Waals surface area contributed by atoms with Crippen molar-refractivity contribution in [3.63, 3.8) is 0 Å². The van der Waals surface area contributed by atoms with Crippen molar-refractivity contribution in [1.29, 1.82) is 0 Å². The van der Waals surface area contributed by atoms with Gasteiger partial charge in [0.1, 0.15) is 24.4 Å². The van der Waals surface area contributed by atoms with Gasteiger partial charge in [-0.05, 0) is 6.42 Å². The molecule has 1 aliphatic heterocycles. The van der Waals surface area contributed by atoms with Gasteiger partial charge in [-0.15, -0.1) is 0 Å². The Balaban J connectivity index is 2.25. The van der Waals surface area contributed by atoms with E-state index in [0.717, 1.165) is 19.3 Å². The van der Waals surface area contributed by atoms with Crippen LogP contribution in [0.5, 0.6) is 0 Å². The summed E-state index contributed by atoms with van der Waals surface area (Å²) >= 11 is 0. The van der Waals surface area contributed by atoms with Crippen molar-refractivity contribution < 1.29 is 29.9 Å². The largest absolute Gasteiger partial charge is 0.394 e. The van der Waals surface area contributed by atoms with Crippen LogP contribution in [0.25, 0.3) is 0 Å². The predicted octanol–water partition coefficient (Wildman–Crippen LogP) is 0.163. The number of unbranched alkanes of at least 4 members (excludes halogenated alkanes) is 5. The van der Waals surface area contributed by atoms with Crippen molar-refractivity contribution in [2.24, 2.45) is 0 Å². The van der Waals surface area contributed by atoms with E-state index < -0.39 is 37.3 Å². The topological polar surface area (TPSA) is 99.4 Å². The van der Waals surface area contributed by atoms with Crippen LogP contribution >= 0.6 is 0 Å². The summed E-state index contributed by atoms with van der Waals surface area (Å²) in [5, 5.41) is 37.7. The summed E-state index contributed by atoms with van der Waals surface area (Å²) in [4.78, 5) is 0. The third-order valence-electron chi connectivity index (χ3n) is 3.62. The van der Waals surface area contributed by atoms with Crippen LogP contribution in [0.4, 0.5) is 0 Å². The molecule has 20 heavy (non-hydrogen) atoms. The zero-order chi connectivity index (χ0) is 15.0. The van der Waals surface area contributed by atoms with E-state index in [2.05, 4.69) is 6.92 Å². The van der Waals surface area contributed by atoms with Gasteiger partial charge in [-0.2, -0.15) is 0 Å². The fraction of sp³-hybridized carbons (Fsp3) is 1.00. The molecule has 0 aliphatic carbocycles. The van der Waals surface area contributed by atoms with E-state index in [1.165, 1.54) is 19.3 Å². The van der Waals surface area contributed by atoms with Crippen molar-refractivity contribution in [3.05, 3.63) is 0 Å². The molecule has 6 heteroatoms. The summed E-state index contributed by atoms with van der Waals surface area (Å²) in [6.45, 7) is 2.11. The molecule has 0 amide bonds. The Kier molecular flexibility index (Phi) is 8.60. The molecular formula is C14H28O6. The summed E-state index contributed by atoms with van der Waals surface area (Å²) in [5.41, 5.74) is 0. The van der Waals surface area contributed by atoms with Gasteiger partial charge in [-0.3, -0.25) is 0 Å². The van der Waals surface area contributed by atoms with Crippen LogP contribution in [0.3, 0.4) is 0 Å². The molecule has 1 aliphatic rings. The van der Waals surface area contributed by atoms with Gasteiger partial charge in [0.15, 0.2) is 6.29 Å². The third-order valence-corrected chi connectivity index (χ3v) is 3.62. The van der Waals surface area contributed by atoms with Gasteiger partial charge in [0, 0.05) is 6.61 Å². The molecule has 0 unspecified atom stereocenters. The van der Waals surface area contributed by atoms with E-state index in [9.17, 15) is 15.3 Å². The second kappa shape index (κ2) is 9.65. The first-order valence-electron chi connectivity index (χ1n) is 7.54. The maximum atomic E-state index is 9.75. The highest BCUT2D eigenvalue weighted by molar-refractivity contribution is 4.91. The molecule has 1 fully saturated rings. The molecule has 0 radical (unpaired) electrons. The Labute approximate surface area is 120 Å². The normalized spacial score (nSPS) is 31.6. The Hall–Kier alpha value is -0.240. The van der Waals surface area contributed by atoms with Crippen LogP contribution in [-0.4, -0.2) is 64.3 Å². The van der Waals surface area contributed by atoms with E-state index in [1.54, 1.807) is 0 Å². The lowest BCUT2D eigenvalue weighted by molar-refractivity contribution is -0.151. The molecule has 1 rings (SSSR count). The Morgan fingerprint density at radius 1 is 1.10 bits per heavy atom. The highest BCUT2D eigenvalue weighted by atomic mass is 16.7. The molecule has 1 saturated heterocycles. The van der Waals surface area contributed by atoms with Crippen LogP contribution < -0.4 is 0 Å². The van der Waals surface area contributed by atoms with Gasteiger partial charge >= 0.3 is 0 Å². The standard InChI is InChI=1S/C14H28O6/c1-2-3-4-5-6-7-8-19-13-11(17)14(18)20-12(13)10(16)9-15/h10-18H,2-9H2,1H3/t10-,11-,12-,13-,14+/m1/s1. The summed E-state index contributed by atoms with van der Waals surface area (Å²) in [7, 11) is 0. The van der Waals surface area contributed by atoms with Crippen LogP contribution in [0.1, 0.15) is 45.4 Å². The van der Waals surface area contributed by atoms with Gasteiger partial charge in [-0.25, -0.2) is 0 Å². The Bertz CT molecular complexity index is 250. The highest BCUT2D eigenvalue weighted by Gasteiger charge is 2.46. The summed E-state index contributed by atoms with van der Waals surface area (Å²) in [5.74, 6) is 0. The van der Waals surface area contributed by atoms with E-state index in [-0.39, 0.29) is 0 Å². The van der Waals surface area contributed by atoms with E-state index in [1.807, 2.05) is 0 Å². The number of aliphatic hydroxyl groups excluding tert-OH is 4. The first kappa shape index (κ1) is 17.8. The SMILES string of the molecule is CCCCCCCCO[C@@H]1[C@@H](O)[C@@H](O)O[C@@H]1[C@H](O)CO. The minimum Gasteiger partial charge on any atom is -0.394 e. The molecule has 0 saturated carbocycles. The predicted molar refractivity (Wildman–Crippen MR) is 73.1 cm³/mol. The minimum absolute atomic E-state index is 0.443. The van der Waals surface area contributed by atoms with Crippen molar-refractivity contribution in [3.8, 4) is 0 Å². The number of hydrogen-bond acceptors (Lipinski definition) is 6. The van der Waals surface area contributed by atoms with Crippen LogP contribution in [0, 0.1) is 0 Å². The molecule has 0 aromatic carbocycles. The number of hydrogen-bond donors (Lipinski definition) is 4. The lowest BCUT2D eigenvalue weighted by atomic mass is 10.1. The van der Waals surface area contributed by atoms with Gasteiger partial charge in [0.05, 0.1) is 6.61 Å². The van der Waals surface area contributed by atoms with Crippen molar-refractivity contribution in [2.75, 3.05) is 13.2 Å². The fourth-order valence-corrected chi connectivity index (χ4v) is 2.38. The molecule has 5 atom stereocenters. The summed E-state index contributed by atoms with van der Waals surface area (Å²) in [6, 6.07) is 0. The van der Waals surface area contributed by atoms with Gasteiger partial charge in [0.2, 0.25) is 0 Å². The maximum absolute atomic E-state index is 9.75. The Morgan fingerprint density at radius 2 is 1.75 bits per heavy atom. The first-order valence-corrected chi connectivity index (χ1v) is 7.54. The molecule has 1 heterocycles. The van der Waals surface area contributed by atoms with Crippen LogP contribution in [-0.2, 0) is 9.47 Å². The van der Waals surface area contributed by atoms with E-state index in [0.29, 0.717) is 6.61 Å². The summed E-state index contributed by atoms with van der Waals surface area (Å²) < 4.78 is 10.5. The second-order valence-corrected chi connectivity index (χ2v) is 5.33. The average molecular weight is 292 g/mol. The molecule has 120 valence electrons. The second-order valence-electron chi connectivity index (χ2n) is 5.33. The quantitative estimate of drug-likeness (QED) is 0.428. The van der Waals surface area contributed by atoms with Crippen molar-refractivity contribution in [1.82, 2.24) is 0 Å². The number of rotatable bonds is 10. The van der Waals surface area contributed by atoms with Gasteiger partial charge < -0.3 is 29.9 Å². The van der Waals surface area contributed by atoms with Crippen LogP contribution in [0.15, 0.2) is 0 Å². The summed E-state index contributed by atoms with van der Waals surface area (Å²) in [6.07, 6.45) is 1.31. The molecule has 0 bridgehead atoms. The van der Waals surface area contributed by atoms with Crippen molar-refractivity contribution >= 4 is 0 Å². The van der Waals surface area contributed by atoms with Gasteiger partial charge in [-0.1, -0.05) is 39.0 Å². The lowest BCUT2D eigenvalue weighted by Crippen LogP contribution is -2.42. The molecular weight excluding hydrogens is 264 g/mol. The average Bonchev–Trinajstić information content (AvgIpc) is 2.73. The lowest BCUT2D eigenvalue weighted by Gasteiger charge is -2.23. The Morgan fingerprint density at radius 3 is 2.40 bits per heavy atom. The van der Waals surface area contributed by atoms with Crippen LogP contribution in [0.2, 0.25) is 0 Å². The fourth-order valence-electron chi connectivity index (χ4n) is 2.38. The highest BCUT2D eigenvalue weighted by Crippen LogP contribution is 2.25. The van der Waals surface area contributed by atoms with E-state index >= 15 is 0 Å². The molecule has 4 N–H and O–H groups in total. The van der Waals surface area contributed by atoms with E-state index in [4.69, 9.17) is 14.6 Å². The monoisotopic (exact) mass is 292 g/mol. The smallest absolute Gasteiger partial charge is 0.184 e. The maximum Gasteiger partial charge on any atom is 0.184 e. The first-order chi connectivity index (χ1) is 9.61. The molecule has 0 aromatic rings. The molecule has 6 nitrogen and oxygen atoms in total. The molecule has 0 spiro atoms.